The van der Waals surface area contributed by atoms with Gasteiger partial charge in [-0.25, -0.2) is 0 Å². The summed E-state index contributed by atoms with van der Waals surface area (Å²) in [5.41, 5.74) is 2.54. The Kier molecular flexibility index (Phi) is 5.26. The number of hydrogen-bond acceptors (Lipinski definition) is 3. The van der Waals surface area contributed by atoms with Crippen molar-refractivity contribution < 1.29 is 14.3 Å². The maximum atomic E-state index is 12.8. The van der Waals surface area contributed by atoms with Gasteiger partial charge >= 0.3 is 0 Å². The number of carbonyl (C=O) groups excluding carboxylic acids is 2. The van der Waals surface area contributed by atoms with Crippen molar-refractivity contribution in [3.05, 3.63) is 59.7 Å². The molecule has 0 aromatic heterocycles. The van der Waals surface area contributed by atoms with Gasteiger partial charge in [-0.15, -0.1) is 0 Å². The first-order valence-corrected chi connectivity index (χ1v) is 8.93. The normalized spacial score (nSPS) is 17.3. The van der Waals surface area contributed by atoms with Crippen LogP contribution in [0.1, 0.15) is 29.8 Å². The number of ether oxygens (including phenoxy) is 1. The van der Waals surface area contributed by atoms with E-state index >= 15 is 0 Å². The summed E-state index contributed by atoms with van der Waals surface area (Å²) < 4.78 is 5.45. The van der Waals surface area contributed by atoms with E-state index < -0.39 is 6.04 Å². The van der Waals surface area contributed by atoms with Gasteiger partial charge in [-0.2, -0.15) is 0 Å². The largest absolute Gasteiger partial charge is 0.494 e. The standard InChI is InChI=1S/C21H24N2O3/c1-4-26-19-11-9-18(10-12-19)23-14-13-22(16(3)20(23)24)21(25)17-7-5-15(2)6-8-17/h5-12,16H,4,13-14H2,1-3H3/t16-/m1/s1. The van der Waals surface area contributed by atoms with Crippen molar-refractivity contribution in [2.75, 3.05) is 24.6 Å². The number of anilines is 1. The highest BCUT2D eigenvalue weighted by Crippen LogP contribution is 2.24. The molecule has 2 aromatic rings. The molecule has 26 heavy (non-hydrogen) atoms. The summed E-state index contributed by atoms with van der Waals surface area (Å²) in [5, 5.41) is 0. The monoisotopic (exact) mass is 352 g/mol. The summed E-state index contributed by atoms with van der Waals surface area (Å²) >= 11 is 0. The van der Waals surface area contributed by atoms with Crippen molar-refractivity contribution in [2.45, 2.75) is 26.8 Å². The first-order valence-electron chi connectivity index (χ1n) is 8.93. The topological polar surface area (TPSA) is 49.9 Å². The molecule has 5 nitrogen and oxygen atoms in total. The van der Waals surface area contributed by atoms with Gasteiger partial charge in [0.25, 0.3) is 5.91 Å². The average Bonchev–Trinajstić information content (AvgIpc) is 2.65. The van der Waals surface area contributed by atoms with Gasteiger partial charge in [-0.3, -0.25) is 9.59 Å². The van der Waals surface area contributed by atoms with Crippen molar-refractivity contribution in [3.63, 3.8) is 0 Å². The number of rotatable bonds is 4. The van der Waals surface area contributed by atoms with E-state index in [0.29, 0.717) is 25.3 Å². The van der Waals surface area contributed by atoms with Crippen molar-refractivity contribution in [1.82, 2.24) is 4.90 Å². The Morgan fingerprint density at radius 1 is 1.08 bits per heavy atom. The predicted molar refractivity (Wildman–Crippen MR) is 102 cm³/mol. The summed E-state index contributed by atoms with van der Waals surface area (Å²) in [6.07, 6.45) is 0. The number of benzene rings is 2. The molecular formula is C21H24N2O3. The first kappa shape index (κ1) is 18.0. The second-order valence-corrected chi connectivity index (χ2v) is 6.46. The maximum absolute atomic E-state index is 12.8. The second-order valence-electron chi connectivity index (χ2n) is 6.46. The molecule has 1 heterocycles. The minimum Gasteiger partial charge on any atom is -0.494 e. The Balaban J connectivity index is 1.73. The van der Waals surface area contributed by atoms with Gasteiger partial charge < -0.3 is 14.5 Å². The minimum absolute atomic E-state index is 0.0686. The Morgan fingerprint density at radius 3 is 2.35 bits per heavy atom. The number of nitrogens with zero attached hydrogens (tertiary/aromatic N) is 2. The summed E-state index contributed by atoms with van der Waals surface area (Å²) in [4.78, 5) is 29.0. The molecule has 1 atom stereocenters. The number of hydrogen-bond donors (Lipinski definition) is 0. The molecule has 0 saturated carbocycles. The number of piperazine rings is 1. The van der Waals surface area contributed by atoms with Crippen LogP contribution in [-0.4, -0.2) is 42.5 Å². The predicted octanol–water partition coefficient (Wildman–Crippen LogP) is 3.27. The van der Waals surface area contributed by atoms with E-state index in [4.69, 9.17) is 4.74 Å². The summed E-state index contributed by atoms with van der Waals surface area (Å²) in [5.74, 6) is 0.614. The van der Waals surface area contributed by atoms with E-state index in [0.717, 1.165) is 17.0 Å². The summed E-state index contributed by atoms with van der Waals surface area (Å²) in [7, 11) is 0. The quantitative estimate of drug-likeness (QED) is 0.848. The van der Waals surface area contributed by atoms with Gasteiger partial charge in [0.1, 0.15) is 11.8 Å². The van der Waals surface area contributed by atoms with E-state index in [-0.39, 0.29) is 11.8 Å². The third-order valence-electron chi connectivity index (χ3n) is 4.67. The van der Waals surface area contributed by atoms with Crippen molar-refractivity contribution in [3.8, 4) is 5.75 Å². The molecule has 1 fully saturated rings. The zero-order valence-corrected chi connectivity index (χ0v) is 15.4. The van der Waals surface area contributed by atoms with Crippen molar-refractivity contribution >= 4 is 17.5 Å². The van der Waals surface area contributed by atoms with Crippen LogP contribution in [-0.2, 0) is 4.79 Å². The lowest BCUT2D eigenvalue weighted by atomic mass is 10.1. The van der Waals surface area contributed by atoms with Crippen LogP contribution in [0.3, 0.4) is 0 Å². The molecule has 1 saturated heterocycles. The molecule has 0 bridgehead atoms. The lowest BCUT2D eigenvalue weighted by Gasteiger charge is -2.39. The Labute approximate surface area is 154 Å². The van der Waals surface area contributed by atoms with Gasteiger partial charge in [0.2, 0.25) is 5.91 Å². The zero-order chi connectivity index (χ0) is 18.7. The van der Waals surface area contributed by atoms with Crippen LogP contribution in [0.5, 0.6) is 5.75 Å². The molecule has 3 rings (SSSR count). The maximum Gasteiger partial charge on any atom is 0.254 e. The lowest BCUT2D eigenvalue weighted by molar-refractivity contribution is -0.124. The Bertz CT molecular complexity index is 784. The lowest BCUT2D eigenvalue weighted by Crippen LogP contribution is -2.57. The van der Waals surface area contributed by atoms with Crippen molar-refractivity contribution in [2.24, 2.45) is 0 Å². The average molecular weight is 352 g/mol. The molecule has 2 amide bonds. The van der Waals surface area contributed by atoms with Crippen LogP contribution in [0.4, 0.5) is 5.69 Å². The van der Waals surface area contributed by atoms with Crippen LogP contribution >= 0.6 is 0 Å². The third kappa shape index (κ3) is 3.57. The zero-order valence-electron chi connectivity index (χ0n) is 15.4. The molecule has 5 heteroatoms. The van der Waals surface area contributed by atoms with Crippen LogP contribution < -0.4 is 9.64 Å². The summed E-state index contributed by atoms with van der Waals surface area (Å²) in [6, 6.07) is 14.4. The molecule has 0 unspecified atom stereocenters. The molecule has 136 valence electrons. The third-order valence-corrected chi connectivity index (χ3v) is 4.67. The Hall–Kier alpha value is -2.82. The van der Waals surface area contributed by atoms with E-state index in [9.17, 15) is 9.59 Å². The van der Waals surface area contributed by atoms with E-state index in [2.05, 4.69) is 0 Å². The highest BCUT2D eigenvalue weighted by molar-refractivity contribution is 6.03. The van der Waals surface area contributed by atoms with Crippen LogP contribution in [0.15, 0.2) is 48.5 Å². The van der Waals surface area contributed by atoms with Gasteiger partial charge in [-0.05, 0) is 57.2 Å². The molecule has 0 N–H and O–H groups in total. The number of aryl methyl sites for hydroxylation is 1. The fourth-order valence-corrected chi connectivity index (χ4v) is 3.16. The molecular weight excluding hydrogens is 328 g/mol. The molecule has 1 aliphatic heterocycles. The molecule has 0 spiro atoms. The van der Waals surface area contributed by atoms with E-state index in [1.807, 2.05) is 62.4 Å². The fourth-order valence-electron chi connectivity index (χ4n) is 3.16. The van der Waals surface area contributed by atoms with Gasteiger partial charge in [0, 0.05) is 24.3 Å². The fraction of sp³-hybridized carbons (Fsp3) is 0.333. The van der Waals surface area contributed by atoms with Crippen molar-refractivity contribution in [1.29, 1.82) is 0 Å². The van der Waals surface area contributed by atoms with Gasteiger partial charge in [0.15, 0.2) is 0 Å². The van der Waals surface area contributed by atoms with Crippen LogP contribution in [0, 0.1) is 6.92 Å². The van der Waals surface area contributed by atoms with Gasteiger partial charge in [-0.1, -0.05) is 17.7 Å². The SMILES string of the molecule is CCOc1ccc(N2CCN(C(=O)c3ccc(C)cc3)[C@H](C)C2=O)cc1. The van der Waals surface area contributed by atoms with Crippen LogP contribution in [0.25, 0.3) is 0 Å². The highest BCUT2D eigenvalue weighted by atomic mass is 16.5. The highest BCUT2D eigenvalue weighted by Gasteiger charge is 2.35. The van der Waals surface area contributed by atoms with E-state index in [1.165, 1.54) is 0 Å². The van der Waals surface area contributed by atoms with E-state index in [1.54, 1.807) is 16.7 Å². The minimum atomic E-state index is -0.496. The molecule has 1 aliphatic rings. The number of carbonyl (C=O) groups is 2. The number of amides is 2. The summed E-state index contributed by atoms with van der Waals surface area (Å²) in [6.45, 7) is 7.30. The molecule has 0 radical (unpaired) electrons. The smallest absolute Gasteiger partial charge is 0.254 e. The first-order chi connectivity index (χ1) is 12.5. The Morgan fingerprint density at radius 2 is 1.73 bits per heavy atom. The second kappa shape index (κ2) is 7.60. The molecule has 2 aromatic carbocycles. The molecule has 0 aliphatic carbocycles. The van der Waals surface area contributed by atoms with Gasteiger partial charge in [0.05, 0.1) is 6.61 Å². The van der Waals surface area contributed by atoms with Crippen LogP contribution in [0.2, 0.25) is 0 Å².